The second-order valence-corrected chi connectivity index (χ2v) is 7.78. The third-order valence-electron chi connectivity index (χ3n) is 3.01. The van der Waals surface area contributed by atoms with E-state index in [2.05, 4.69) is 10.7 Å². The van der Waals surface area contributed by atoms with Crippen molar-refractivity contribution in [3.8, 4) is 0 Å². The lowest BCUT2D eigenvalue weighted by Crippen LogP contribution is -2.42. The minimum absolute atomic E-state index is 0.0892. The molecule has 2 rings (SSSR count). The molecule has 0 unspecified atom stereocenters. The highest BCUT2D eigenvalue weighted by Gasteiger charge is 2.15. The van der Waals surface area contributed by atoms with Crippen LogP contribution < -0.4 is 15.6 Å². The molecule has 0 atom stereocenters. The number of amides is 2. The maximum atomic E-state index is 13.5. The first-order valence-corrected chi connectivity index (χ1v) is 9.80. The fraction of sp³-hybridized carbons (Fsp3) is 0.125. The van der Waals surface area contributed by atoms with Gasteiger partial charge in [-0.1, -0.05) is 12.1 Å². The van der Waals surface area contributed by atoms with Gasteiger partial charge in [-0.15, -0.1) is 16.6 Å². The number of rotatable bonds is 7. The fourth-order valence-electron chi connectivity index (χ4n) is 1.84. The Morgan fingerprint density at radius 3 is 2.35 bits per heavy atom. The molecule has 2 aromatic carbocycles. The van der Waals surface area contributed by atoms with Crippen LogP contribution in [0.25, 0.3) is 0 Å². The number of thioether (sulfide) groups is 1. The number of carbonyl (C=O) groups is 2. The molecule has 0 saturated carbocycles. The maximum Gasteiger partial charge on any atom is 0.257 e. The Kier molecular flexibility index (Phi) is 6.72. The standard InChI is InChI=1S/C16H16FN3O4S2/c1-11(21)18-12-6-8-13(9-7-12)26(23,24)20-19-16(22)10-25-15-5-3-2-4-14(15)17/h2-9,20H,10H2,1H3,(H,18,21)(H,19,22). The summed E-state index contributed by atoms with van der Waals surface area (Å²) in [6.45, 7) is 1.33. The van der Waals surface area contributed by atoms with E-state index in [9.17, 15) is 22.4 Å². The molecule has 0 radical (unpaired) electrons. The molecule has 10 heteroatoms. The van der Waals surface area contributed by atoms with Crippen molar-refractivity contribution < 1.29 is 22.4 Å². The molecule has 2 aromatic rings. The molecule has 2 amide bonds. The van der Waals surface area contributed by atoms with Crippen molar-refractivity contribution in [1.82, 2.24) is 10.3 Å². The quantitative estimate of drug-likeness (QED) is 0.489. The van der Waals surface area contributed by atoms with Crippen LogP contribution in [-0.4, -0.2) is 26.0 Å². The van der Waals surface area contributed by atoms with Gasteiger partial charge in [-0.25, -0.2) is 12.8 Å². The third-order valence-corrected chi connectivity index (χ3v) is 5.32. The highest BCUT2D eigenvalue weighted by molar-refractivity contribution is 8.00. The van der Waals surface area contributed by atoms with Gasteiger partial charge in [-0.05, 0) is 36.4 Å². The van der Waals surface area contributed by atoms with Crippen LogP contribution in [0.1, 0.15) is 6.92 Å². The van der Waals surface area contributed by atoms with Crippen LogP contribution in [0, 0.1) is 5.82 Å². The molecular formula is C16H16FN3O4S2. The largest absolute Gasteiger partial charge is 0.326 e. The summed E-state index contributed by atoms with van der Waals surface area (Å²) in [5, 5.41) is 2.51. The smallest absolute Gasteiger partial charge is 0.257 e. The first-order chi connectivity index (χ1) is 12.3. The summed E-state index contributed by atoms with van der Waals surface area (Å²) < 4.78 is 37.7. The van der Waals surface area contributed by atoms with E-state index in [1.54, 1.807) is 6.07 Å². The molecule has 0 aliphatic rings. The van der Waals surface area contributed by atoms with Crippen molar-refractivity contribution in [2.45, 2.75) is 16.7 Å². The van der Waals surface area contributed by atoms with Crippen LogP contribution in [0.3, 0.4) is 0 Å². The van der Waals surface area contributed by atoms with Gasteiger partial charge in [0.2, 0.25) is 11.8 Å². The number of hydrazine groups is 1. The zero-order valence-electron chi connectivity index (χ0n) is 13.7. The lowest BCUT2D eigenvalue weighted by molar-refractivity contribution is -0.119. The van der Waals surface area contributed by atoms with Crippen LogP contribution in [-0.2, 0) is 19.6 Å². The van der Waals surface area contributed by atoms with Gasteiger partial charge in [0, 0.05) is 17.5 Å². The van der Waals surface area contributed by atoms with Gasteiger partial charge in [0.05, 0.1) is 10.6 Å². The summed E-state index contributed by atoms with van der Waals surface area (Å²) in [6.07, 6.45) is 0. The predicted octanol–water partition coefficient (Wildman–Crippen LogP) is 1.89. The summed E-state index contributed by atoms with van der Waals surface area (Å²) in [6, 6.07) is 11.4. The first-order valence-electron chi connectivity index (χ1n) is 7.33. The van der Waals surface area contributed by atoms with Crippen molar-refractivity contribution in [1.29, 1.82) is 0 Å². The zero-order valence-corrected chi connectivity index (χ0v) is 15.3. The molecule has 0 saturated heterocycles. The SMILES string of the molecule is CC(=O)Nc1ccc(S(=O)(=O)NNC(=O)CSc2ccccc2F)cc1. The Morgan fingerprint density at radius 2 is 1.73 bits per heavy atom. The van der Waals surface area contributed by atoms with E-state index < -0.39 is 21.7 Å². The third kappa shape index (κ3) is 5.83. The first kappa shape index (κ1) is 19.9. The number of sulfonamides is 1. The second-order valence-electron chi connectivity index (χ2n) is 5.08. The monoisotopic (exact) mass is 397 g/mol. The van der Waals surface area contributed by atoms with E-state index in [0.29, 0.717) is 10.6 Å². The van der Waals surface area contributed by atoms with E-state index in [1.165, 1.54) is 49.4 Å². The van der Waals surface area contributed by atoms with Crippen molar-refractivity contribution in [2.75, 3.05) is 11.1 Å². The summed E-state index contributed by atoms with van der Waals surface area (Å²) in [5.74, 6) is -1.52. The van der Waals surface area contributed by atoms with E-state index in [1.807, 2.05) is 4.83 Å². The van der Waals surface area contributed by atoms with Crippen LogP contribution in [0.5, 0.6) is 0 Å². The van der Waals surface area contributed by atoms with E-state index >= 15 is 0 Å². The highest BCUT2D eigenvalue weighted by Crippen LogP contribution is 2.20. The van der Waals surface area contributed by atoms with E-state index in [0.717, 1.165) is 11.8 Å². The average Bonchev–Trinajstić information content (AvgIpc) is 2.59. The molecular weight excluding hydrogens is 381 g/mol. The van der Waals surface area contributed by atoms with Gasteiger partial charge in [0.1, 0.15) is 5.82 Å². The minimum atomic E-state index is -3.97. The summed E-state index contributed by atoms with van der Waals surface area (Å²) in [7, 11) is -3.97. The highest BCUT2D eigenvalue weighted by atomic mass is 32.2. The summed E-state index contributed by atoms with van der Waals surface area (Å²) in [4.78, 5) is 24.9. The Balaban J connectivity index is 1.89. The zero-order chi connectivity index (χ0) is 19.2. The van der Waals surface area contributed by atoms with Crippen LogP contribution in [0.2, 0.25) is 0 Å². The molecule has 0 bridgehead atoms. The van der Waals surface area contributed by atoms with Gasteiger partial charge >= 0.3 is 0 Å². The Hall–Kier alpha value is -2.43. The molecule has 0 aliphatic heterocycles. The summed E-state index contributed by atoms with van der Waals surface area (Å²) in [5.41, 5.74) is 2.51. The lowest BCUT2D eigenvalue weighted by atomic mass is 10.3. The molecule has 7 nitrogen and oxygen atoms in total. The van der Waals surface area contributed by atoms with E-state index in [4.69, 9.17) is 0 Å². The molecule has 0 aliphatic carbocycles. The number of halogens is 1. The number of anilines is 1. The summed E-state index contributed by atoms with van der Waals surface area (Å²) >= 11 is 0.947. The molecule has 0 heterocycles. The van der Waals surface area contributed by atoms with Gasteiger partial charge in [0.25, 0.3) is 10.0 Å². The molecule has 26 heavy (non-hydrogen) atoms. The van der Waals surface area contributed by atoms with Gasteiger partial charge in [-0.2, -0.15) is 0 Å². The molecule has 0 spiro atoms. The van der Waals surface area contributed by atoms with Crippen LogP contribution >= 0.6 is 11.8 Å². The second kappa shape index (κ2) is 8.79. The van der Waals surface area contributed by atoms with Crippen LogP contribution in [0.15, 0.2) is 58.3 Å². The van der Waals surface area contributed by atoms with Gasteiger partial charge in [-0.3, -0.25) is 15.0 Å². The lowest BCUT2D eigenvalue weighted by Gasteiger charge is -2.09. The predicted molar refractivity (Wildman–Crippen MR) is 96.3 cm³/mol. The number of hydrogen-bond acceptors (Lipinski definition) is 5. The van der Waals surface area contributed by atoms with E-state index in [-0.39, 0.29) is 16.6 Å². The van der Waals surface area contributed by atoms with Crippen molar-refractivity contribution in [3.05, 3.63) is 54.3 Å². The number of hydrogen-bond donors (Lipinski definition) is 3. The molecule has 0 fully saturated rings. The Morgan fingerprint density at radius 1 is 1.08 bits per heavy atom. The Bertz CT molecular complexity index is 902. The fourth-order valence-corrected chi connectivity index (χ4v) is 3.44. The number of carbonyl (C=O) groups excluding carboxylic acids is 2. The molecule has 138 valence electrons. The van der Waals surface area contributed by atoms with Gasteiger partial charge in [0.15, 0.2) is 0 Å². The normalized spacial score (nSPS) is 11.0. The van der Waals surface area contributed by atoms with Crippen LogP contribution in [0.4, 0.5) is 10.1 Å². The molecule has 3 N–H and O–H groups in total. The van der Waals surface area contributed by atoms with Crippen molar-refractivity contribution in [3.63, 3.8) is 0 Å². The van der Waals surface area contributed by atoms with Gasteiger partial charge < -0.3 is 5.32 Å². The van der Waals surface area contributed by atoms with Crippen molar-refractivity contribution >= 4 is 39.3 Å². The number of nitrogens with one attached hydrogen (secondary N) is 3. The molecule has 0 aromatic heterocycles. The maximum absolute atomic E-state index is 13.5. The van der Waals surface area contributed by atoms with Crippen molar-refractivity contribution in [2.24, 2.45) is 0 Å². The average molecular weight is 397 g/mol. The Labute approximate surface area is 154 Å². The minimum Gasteiger partial charge on any atom is -0.326 e. The number of benzene rings is 2. The topological polar surface area (TPSA) is 104 Å².